The van der Waals surface area contributed by atoms with Gasteiger partial charge in [0.15, 0.2) is 11.5 Å². The summed E-state index contributed by atoms with van der Waals surface area (Å²) in [5.74, 6) is 1.56. The minimum Gasteiger partial charge on any atom is -0.497 e. The molecule has 0 bridgehead atoms. The van der Waals surface area contributed by atoms with Crippen molar-refractivity contribution in [1.82, 2.24) is 5.32 Å². The van der Waals surface area contributed by atoms with Gasteiger partial charge in [-0.15, -0.1) is 0 Å². The molecule has 0 aromatic heterocycles. The molecule has 3 aromatic carbocycles. The third-order valence-corrected chi connectivity index (χ3v) is 4.90. The summed E-state index contributed by atoms with van der Waals surface area (Å²) >= 11 is 0. The van der Waals surface area contributed by atoms with Crippen molar-refractivity contribution < 1.29 is 28.5 Å². The highest BCUT2D eigenvalue weighted by Gasteiger charge is 2.17. The number of hydrogen-bond donors (Lipinski definition) is 2. The fraction of sp³-hybridized carbons (Fsp3) is 0.120. The van der Waals surface area contributed by atoms with E-state index in [0.717, 1.165) is 0 Å². The number of nitrogens with one attached hydrogen (secondary N) is 2. The molecule has 1 heterocycles. The smallest absolute Gasteiger partial charge is 0.272 e. The van der Waals surface area contributed by atoms with Crippen LogP contribution < -0.4 is 29.6 Å². The van der Waals surface area contributed by atoms with Crippen molar-refractivity contribution in [3.63, 3.8) is 0 Å². The standard InChI is InChI=1S/C25H22N2O6/c1-30-19-8-4-17(5-9-19)24(28)27-21(13-16-3-12-22-23(14-16)33-15-32-22)25(29)26-18-6-10-20(31-2)11-7-18/h3-14H,15H2,1-2H3,(H,26,29)(H,27,28). The summed E-state index contributed by atoms with van der Waals surface area (Å²) in [7, 11) is 3.11. The lowest BCUT2D eigenvalue weighted by atomic mass is 10.1. The molecule has 2 N–H and O–H groups in total. The van der Waals surface area contributed by atoms with Crippen LogP contribution in [0.25, 0.3) is 6.08 Å². The number of anilines is 1. The van der Waals surface area contributed by atoms with Crippen LogP contribution in [0.4, 0.5) is 5.69 Å². The molecule has 0 radical (unpaired) electrons. The summed E-state index contributed by atoms with van der Waals surface area (Å²) in [6.07, 6.45) is 1.57. The van der Waals surface area contributed by atoms with Crippen molar-refractivity contribution in [3.8, 4) is 23.0 Å². The number of amides is 2. The van der Waals surface area contributed by atoms with Crippen molar-refractivity contribution in [2.24, 2.45) is 0 Å². The summed E-state index contributed by atoms with van der Waals surface area (Å²) in [6, 6.07) is 18.7. The predicted octanol–water partition coefficient (Wildman–Crippen LogP) is 3.84. The van der Waals surface area contributed by atoms with Crippen LogP contribution in [-0.4, -0.2) is 32.8 Å². The molecule has 0 atom stereocenters. The fourth-order valence-corrected chi connectivity index (χ4v) is 3.14. The van der Waals surface area contributed by atoms with Gasteiger partial charge < -0.3 is 29.6 Å². The third kappa shape index (κ3) is 5.24. The van der Waals surface area contributed by atoms with E-state index in [0.29, 0.717) is 39.8 Å². The van der Waals surface area contributed by atoms with Gasteiger partial charge in [-0.1, -0.05) is 6.07 Å². The Morgan fingerprint density at radius 3 is 2.15 bits per heavy atom. The van der Waals surface area contributed by atoms with Crippen LogP contribution >= 0.6 is 0 Å². The highest BCUT2D eigenvalue weighted by molar-refractivity contribution is 6.10. The van der Waals surface area contributed by atoms with E-state index in [2.05, 4.69) is 10.6 Å². The van der Waals surface area contributed by atoms with Crippen molar-refractivity contribution in [3.05, 3.63) is 83.6 Å². The first-order valence-electron chi connectivity index (χ1n) is 10.1. The lowest BCUT2D eigenvalue weighted by Gasteiger charge is -2.12. The van der Waals surface area contributed by atoms with E-state index >= 15 is 0 Å². The maximum atomic E-state index is 13.1. The van der Waals surface area contributed by atoms with Crippen molar-refractivity contribution in [2.75, 3.05) is 26.3 Å². The molecule has 0 unspecified atom stereocenters. The molecular formula is C25H22N2O6. The summed E-state index contributed by atoms with van der Waals surface area (Å²) in [4.78, 5) is 25.9. The van der Waals surface area contributed by atoms with E-state index in [4.69, 9.17) is 18.9 Å². The van der Waals surface area contributed by atoms with Crippen molar-refractivity contribution in [2.45, 2.75) is 0 Å². The average molecular weight is 446 g/mol. The van der Waals surface area contributed by atoms with Crippen molar-refractivity contribution in [1.29, 1.82) is 0 Å². The molecule has 168 valence electrons. The zero-order chi connectivity index (χ0) is 23.2. The molecule has 8 heteroatoms. The fourth-order valence-electron chi connectivity index (χ4n) is 3.14. The first kappa shape index (κ1) is 21.8. The lowest BCUT2D eigenvalue weighted by Crippen LogP contribution is -2.30. The largest absolute Gasteiger partial charge is 0.497 e. The Labute approximate surface area is 190 Å². The van der Waals surface area contributed by atoms with Crippen LogP contribution in [0.1, 0.15) is 15.9 Å². The number of fused-ring (bicyclic) bond motifs is 1. The van der Waals surface area contributed by atoms with E-state index in [-0.39, 0.29) is 12.5 Å². The van der Waals surface area contributed by atoms with Gasteiger partial charge in [0.25, 0.3) is 11.8 Å². The number of benzene rings is 3. The number of carbonyl (C=O) groups excluding carboxylic acids is 2. The molecule has 1 aliphatic rings. The maximum Gasteiger partial charge on any atom is 0.272 e. The van der Waals surface area contributed by atoms with Crippen LogP contribution in [0.3, 0.4) is 0 Å². The van der Waals surface area contributed by atoms with Crippen LogP contribution in [0.2, 0.25) is 0 Å². The zero-order valence-electron chi connectivity index (χ0n) is 18.1. The Morgan fingerprint density at radius 1 is 0.848 bits per heavy atom. The summed E-state index contributed by atoms with van der Waals surface area (Å²) in [5, 5.41) is 5.49. The minimum absolute atomic E-state index is 0.0606. The van der Waals surface area contributed by atoms with Gasteiger partial charge >= 0.3 is 0 Å². The summed E-state index contributed by atoms with van der Waals surface area (Å²) in [6.45, 7) is 0.140. The zero-order valence-corrected chi connectivity index (χ0v) is 18.1. The first-order valence-corrected chi connectivity index (χ1v) is 10.1. The molecule has 0 fully saturated rings. The molecule has 8 nitrogen and oxygen atoms in total. The van der Waals surface area contributed by atoms with E-state index < -0.39 is 11.8 Å². The molecule has 2 amide bonds. The number of carbonyl (C=O) groups is 2. The molecule has 0 aliphatic carbocycles. The SMILES string of the molecule is COc1ccc(NC(=O)C(=Cc2ccc3c(c2)OCO3)NC(=O)c2ccc(OC)cc2)cc1. The molecule has 1 aliphatic heterocycles. The van der Waals surface area contributed by atoms with Gasteiger partial charge in [-0.25, -0.2) is 0 Å². The molecule has 3 aromatic rings. The topological polar surface area (TPSA) is 95.1 Å². The average Bonchev–Trinajstić information content (AvgIpc) is 3.32. The Bertz CT molecular complexity index is 1190. The van der Waals surface area contributed by atoms with Gasteiger partial charge in [0.2, 0.25) is 6.79 Å². The Morgan fingerprint density at radius 2 is 1.48 bits per heavy atom. The number of ether oxygens (including phenoxy) is 4. The van der Waals surface area contributed by atoms with E-state index in [1.54, 1.807) is 87.0 Å². The quantitative estimate of drug-likeness (QED) is 0.536. The monoisotopic (exact) mass is 446 g/mol. The second-order valence-corrected chi connectivity index (χ2v) is 7.04. The highest BCUT2D eigenvalue weighted by atomic mass is 16.7. The van der Waals surface area contributed by atoms with Gasteiger partial charge in [-0.05, 0) is 72.3 Å². The van der Waals surface area contributed by atoms with Crippen LogP contribution in [-0.2, 0) is 4.79 Å². The van der Waals surface area contributed by atoms with Crippen molar-refractivity contribution >= 4 is 23.6 Å². The first-order chi connectivity index (χ1) is 16.1. The van der Waals surface area contributed by atoms with E-state index in [1.807, 2.05) is 0 Å². The Balaban J connectivity index is 1.60. The molecule has 4 rings (SSSR count). The van der Waals surface area contributed by atoms with Gasteiger partial charge in [0, 0.05) is 11.3 Å². The number of methoxy groups -OCH3 is 2. The van der Waals surface area contributed by atoms with E-state index in [9.17, 15) is 9.59 Å². The van der Waals surface area contributed by atoms with Crippen LogP contribution in [0.15, 0.2) is 72.4 Å². The molecule has 0 saturated heterocycles. The summed E-state index contributed by atoms with van der Waals surface area (Å²) < 4.78 is 21.0. The second kappa shape index (κ2) is 9.78. The number of hydrogen-bond acceptors (Lipinski definition) is 6. The minimum atomic E-state index is -0.486. The summed E-state index contributed by atoms with van der Waals surface area (Å²) in [5.41, 5.74) is 1.65. The Kier molecular flexibility index (Phi) is 6.45. The number of rotatable bonds is 7. The highest BCUT2D eigenvalue weighted by Crippen LogP contribution is 2.33. The maximum absolute atomic E-state index is 13.1. The van der Waals surface area contributed by atoms with Crippen LogP contribution in [0, 0.1) is 0 Å². The predicted molar refractivity (Wildman–Crippen MR) is 123 cm³/mol. The van der Waals surface area contributed by atoms with Gasteiger partial charge in [0.05, 0.1) is 14.2 Å². The Hall–Kier alpha value is -4.46. The van der Waals surface area contributed by atoms with Gasteiger partial charge in [-0.2, -0.15) is 0 Å². The lowest BCUT2D eigenvalue weighted by molar-refractivity contribution is -0.113. The molecule has 33 heavy (non-hydrogen) atoms. The molecule has 0 saturated carbocycles. The third-order valence-electron chi connectivity index (χ3n) is 4.90. The second-order valence-electron chi connectivity index (χ2n) is 7.04. The normalized spacial score (nSPS) is 12.1. The molecule has 0 spiro atoms. The van der Waals surface area contributed by atoms with E-state index in [1.165, 1.54) is 0 Å². The van der Waals surface area contributed by atoms with Crippen LogP contribution in [0.5, 0.6) is 23.0 Å². The van der Waals surface area contributed by atoms with Gasteiger partial charge in [0.1, 0.15) is 17.2 Å². The molecular weight excluding hydrogens is 424 g/mol. The van der Waals surface area contributed by atoms with Gasteiger partial charge in [-0.3, -0.25) is 9.59 Å².